The number of nitrogens with zero attached hydrogens (tertiary/aromatic N) is 1. The number of hydrogen-bond donors (Lipinski definition) is 1. The number of hydrogen-bond acceptors (Lipinski definition) is 4. The molecule has 0 spiro atoms. The summed E-state index contributed by atoms with van der Waals surface area (Å²) in [6, 6.07) is 13.4. The van der Waals surface area contributed by atoms with Gasteiger partial charge in [0.25, 0.3) is 5.22 Å². The number of oxazole rings is 1. The van der Waals surface area contributed by atoms with Gasteiger partial charge < -0.3 is 10.2 Å². The Hall–Kier alpha value is -1.46. The number of fused-ring (bicyclic) bond motifs is 1. The van der Waals surface area contributed by atoms with Gasteiger partial charge in [-0.25, -0.2) is 4.98 Å². The summed E-state index contributed by atoms with van der Waals surface area (Å²) in [5, 5.41) is 0.598. The van der Waals surface area contributed by atoms with Crippen LogP contribution in [-0.2, 0) is 0 Å². The van der Waals surface area contributed by atoms with Crippen LogP contribution >= 0.6 is 27.7 Å². The van der Waals surface area contributed by atoms with Crippen molar-refractivity contribution >= 4 is 44.5 Å². The van der Waals surface area contributed by atoms with E-state index in [9.17, 15) is 0 Å². The summed E-state index contributed by atoms with van der Waals surface area (Å²) in [5.41, 5.74) is 8.27. The molecule has 90 valence electrons. The van der Waals surface area contributed by atoms with E-state index >= 15 is 0 Å². The smallest absolute Gasteiger partial charge is 0.261 e. The molecule has 2 aromatic carbocycles. The third-order valence-corrected chi connectivity index (χ3v) is 3.86. The first-order valence-corrected chi connectivity index (χ1v) is 6.92. The number of rotatable bonds is 2. The van der Waals surface area contributed by atoms with Gasteiger partial charge in [-0.1, -0.05) is 28.1 Å². The van der Waals surface area contributed by atoms with Crippen molar-refractivity contribution < 1.29 is 4.42 Å². The summed E-state index contributed by atoms with van der Waals surface area (Å²) in [4.78, 5) is 5.33. The summed E-state index contributed by atoms with van der Waals surface area (Å²) in [7, 11) is 0. The Balaban J connectivity index is 1.98. The number of nitrogen functional groups attached to an aromatic ring is 1. The van der Waals surface area contributed by atoms with Gasteiger partial charge in [0.1, 0.15) is 5.52 Å². The highest BCUT2D eigenvalue weighted by molar-refractivity contribution is 9.10. The van der Waals surface area contributed by atoms with Crippen LogP contribution in [0, 0.1) is 0 Å². The van der Waals surface area contributed by atoms with Crippen molar-refractivity contribution in [1.82, 2.24) is 4.98 Å². The zero-order chi connectivity index (χ0) is 12.5. The molecule has 18 heavy (non-hydrogen) atoms. The van der Waals surface area contributed by atoms with Crippen LogP contribution in [-0.4, -0.2) is 4.98 Å². The first-order valence-electron chi connectivity index (χ1n) is 5.31. The van der Waals surface area contributed by atoms with Gasteiger partial charge in [0.05, 0.1) is 0 Å². The van der Waals surface area contributed by atoms with Gasteiger partial charge in [0.15, 0.2) is 5.58 Å². The molecule has 0 unspecified atom stereocenters. The van der Waals surface area contributed by atoms with E-state index in [2.05, 4.69) is 20.9 Å². The molecule has 0 saturated carbocycles. The fraction of sp³-hybridized carbons (Fsp3) is 0. The molecular formula is C13H9BrN2OS. The number of benzene rings is 2. The Morgan fingerprint density at radius 2 is 2.00 bits per heavy atom. The van der Waals surface area contributed by atoms with E-state index in [-0.39, 0.29) is 0 Å². The van der Waals surface area contributed by atoms with E-state index in [1.54, 1.807) is 0 Å². The van der Waals surface area contributed by atoms with Crippen LogP contribution in [0.5, 0.6) is 0 Å². The molecule has 0 saturated heterocycles. The van der Waals surface area contributed by atoms with E-state index < -0.39 is 0 Å². The third-order valence-electron chi connectivity index (χ3n) is 2.45. The second kappa shape index (κ2) is 4.66. The lowest BCUT2D eigenvalue weighted by molar-refractivity contribution is 0.489. The Bertz CT molecular complexity index is 678. The minimum Gasteiger partial charge on any atom is -0.431 e. The van der Waals surface area contributed by atoms with E-state index in [0.29, 0.717) is 10.9 Å². The summed E-state index contributed by atoms with van der Waals surface area (Å²) in [5.74, 6) is 0. The molecule has 1 aromatic heterocycles. The van der Waals surface area contributed by atoms with Crippen LogP contribution in [0.1, 0.15) is 0 Å². The van der Waals surface area contributed by atoms with Crippen molar-refractivity contribution in [2.45, 2.75) is 10.1 Å². The van der Waals surface area contributed by atoms with Crippen molar-refractivity contribution in [2.24, 2.45) is 0 Å². The molecule has 0 aliphatic rings. The lowest BCUT2D eigenvalue weighted by Gasteiger charge is -2.02. The summed E-state index contributed by atoms with van der Waals surface area (Å²) < 4.78 is 6.63. The quantitative estimate of drug-likeness (QED) is 0.714. The van der Waals surface area contributed by atoms with Gasteiger partial charge in [-0.2, -0.15) is 0 Å². The van der Waals surface area contributed by atoms with Crippen molar-refractivity contribution in [2.75, 3.05) is 5.73 Å². The largest absolute Gasteiger partial charge is 0.431 e. The predicted molar refractivity (Wildman–Crippen MR) is 76.7 cm³/mol. The van der Waals surface area contributed by atoms with Crippen molar-refractivity contribution in [3.05, 3.63) is 46.9 Å². The zero-order valence-corrected chi connectivity index (χ0v) is 11.7. The van der Waals surface area contributed by atoms with Gasteiger partial charge in [0.2, 0.25) is 0 Å². The third kappa shape index (κ3) is 2.23. The maximum absolute atomic E-state index is 5.92. The minimum atomic E-state index is 0.598. The second-order valence-electron chi connectivity index (χ2n) is 3.73. The Labute approximate surface area is 117 Å². The van der Waals surface area contributed by atoms with Crippen LogP contribution in [0.2, 0.25) is 0 Å². The highest BCUT2D eigenvalue weighted by Gasteiger charge is 2.09. The van der Waals surface area contributed by atoms with Crippen LogP contribution in [0.15, 0.2) is 61.5 Å². The number of nitrogens with two attached hydrogens (primary N) is 1. The number of para-hydroxylation sites is 2. The van der Waals surface area contributed by atoms with Gasteiger partial charge in [0, 0.05) is 15.1 Å². The first-order chi connectivity index (χ1) is 8.72. The molecule has 0 radical (unpaired) electrons. The van der Waals surface area contributed by atoms with Crippen LogP contribution < -0.4 is 5.73 Å². The molecule has 0 amide bonds. The maximum atomic E-state index is 5.92. The monoisotopic (exact) mass is 320 g/mol. The Morgan fingerprint density at radius 1 is 1.17 bits per heavy atom. The van der Waals surface area contributed by atoms with Crippen LogP contribution in [0.3, 0.4) is 0 Å². The molecule has 0 atom stereocenters. The molecule has 5 heteroatoms. The molecule has 0 aliphatic carbocycles. The van der Waals surface area contributed by atoms with E-state index in [1.165, 1.54) is 11.8 Å². The highest BCUT2D eigenvalue weighted by Crippen LogP contribution is 2.34. The Kier molecular flexibility index (Phi) is 3.01. The predicted octanol–water partition coefficient (Wildman–Crippen LogP) is 4.32. The fourth-order valence-corrected chi connectivity index (χ4v) is 2.93. The maximum Gasteiger partial charge on any atom is 0.261 e. The molecule has 0 fully saturated rings. The lowest BCUT2D eigenvalue weighted by atomic mass is 10.3. The van der Waals surface area contributed by atoms with E-state index in [1.807, 2.05) is 42.5 Å². The van der Waals surface area contributed by atoms with E-state index in [0.717, 1.165) is 20.5 Å². The number of aromatic nitrogens is 1. The van der Waals surface area contributed by atoms with Crippen molar-refractivity contribution in [3.63, 3.8) is 0 Å². The van der Waals surface area contributed by atoms with E-state index in [4.69, 9.17) is 10.2 Å². The molecular weight excluding hydrogens is 312 g/mol. The summed E-state index contributed by atoms with van der Waals surface area (Å²) in [6.07, 6.45) is 0. The molecule has 0 bridgehead atoms. The Morgan fingerprint density at radius 3 is 2.83 bits per heavy atom. The number of halogens is 1. The summed E-state index contributed by atoms with van der Waals surface area (Å²) in [6.45, 7) is 0. The first kappa shape index (κ1) is 11.6. The average Bonchev–Trinajstić information content (AvgIpc) is 2.76. The molecule has 2 N–H and O–H groups in total. The highest BCUT2D eigenvalue weighted by atomic mass is 79.9. The molecule has 0 aliphatic heterocycles. The summed E-state index contributed by atoms with van der Waals surface area (Å²) >= 11 is 4.85. The topological polar surface area (TPSA) is 52.0 Å². The second-order valence-corrected chi connectivity index (χ2v) is 5.64. The standard InChI is InChI=1S/C13H9BrN2OS/c14-8-5-6-9(15)12(7-8)18-13-16-10-3-1-2-4-11(10)17-13/h1-7H,15H2. The minimum absolute atomic E-state index is 0.598. The van der Waals surface area contributed by atoms with Crippen molar-refractivity contribution in [1.29, 1.82) is 0 Å². The molecule has 1 heterocycles. The van der Waals surface area contributed by atoms with Gasteiger partial charge in [-0.3, -0.25) is 0 Å². The van der Waals surface area contributed by atoms with Crippen molar-refractivity contribution in [3.8, 4) is 0 Å². The normalized spacial score (nSPS) is 10.9. The number of anilines is 1. The average molecular weight is 321 g/mol. The van der Waals surface area contributed by atoms with Crippen LogP contribution in [0.4, 0.5) is 5.69 Å². The van der Waals surface area contributed by atoms with Crippen LogP contribution in [0.25, 0.3) is 11.1 Å². The van der Waals surface area contributed by atoms with Gasteiger partial charge >= 0.3 is 0 Å². The SMILES string of the molecule is Nc1ccc(Br)cc1Sc1nc2ccccc2o1. The zero-order valence-electron chi connectivity index (χ0n) is 9.26. The molecule has 3 nitrogen and oxygen atoms in total. The lowest BCUT2D eigenvalue weighted by Crippen LogP contribution is -1.87. The molecule has 3 aromatic rings. The fourth-order valence-electron chi connectivity index (χ4n) is 1.59. The van der Waals surface area contributed by atoms with Gasteiger partial charge in [-0.15, -0.1) is 0 Å². The van der Waals surface area contributed by atoms with Gasteiger partial charge in [-0.05, 0) is 42.1 Å². The molecule has 3 rings (SSSR count).